The van der Waals surface area contributed by atoms with Crippen molar-refractivity contribution < 1.29 is 36.6 Å². The normalized spacial score (nSPS) is 16.0. The fraction of sp³-hybridized carbons (Fsp3) is 0.519. The van der Waals surface area contributed by atoms with Crippen molar-refractivity contribution in [1.29, 1.82) is 0 Å². The van der Waals surface area contributed by atoms with Crippen LogP contribution in [0.2, 0.25) is 0 Å². The van der Waals surface area contributed by atoms with Gasteiger partial charge in [-0.1, -0.05) is 31.5 Å². The van der Waals surface area contributed by atoms with E-state index in [0.717, 1.165) is 25.7 Å². The Balaban J connectivity index is 0.000000256. The monoisotopic (exact) mass is 562 g/mol. The van der Waals surface area contributed by atoms with Gasteiger partial charge in [0.1, 0.15) is 11.5 Å². The van der Waals surface area contributed by atoms with E-state index < -0.39 is 30.1 Å². The summed E-state index contributed by atoms with van der Waals surface area (Å²) in [5.41, 5.74) is 5.44. The SMILES string of the molecule is CC.COc1ccc(C(O)CCN2CCCC2)cc1C(F)F.NC(=O)C(F)(F)c1cc2c(o1)CCC(Cl)=C2. The number of carbonyl (C=O) groups is 1. The first kappa shape index (κ1) is 31.7. The number of amides is 1. The van der Waals surface area contributed by atoms with Crippen LogP contribution in [0.5, 0.6) is 5.75 Å². The van der Waals surface area contributed by atoms with Crippen LogP contribution in [0.3, 0.4) is 0 Å². The van der Waals surface area contributed by atoms with Crippen molar-refractivity contribution >= 4 is 23.6 Å². The molecule has 6 nitrogen and oxygen atoms in total. The Kier molecular flexibility index (Phi) is 12.1. The summed E-state index contributed by atoms with van der Waals surface area (Å²) in [5, 5.41) is 10.7. The molecule has 0 saturated carbocycles. The van der Waals surface area contributed by atoms with Crippen molar-refractivity contribution in [2.45, 2.75) is 64.4 Å². The standard InChI is InChI=1S/C15H21F2NO2.C10H8ClF2NO2.C2H6/c1-20-14-5-4-11(10-12(14)15(16)17)13(19)6-9-18-7-2-3-8-18;11-6-1-2-7-5(3-6)4-8(16-7)10(12,13)9(14)15;1-2/h4-5,10,13,15,19H,2-3,6-9H2,1H3;3-4H,1-2H2,(H2,14,15);1-2H3. The second-order valence-electron chi connectivity index (χ2n) is 8.67. The Hall–Kier alpha value is -2.56. The van der Waals surface area contributed by atoms with Crippen LogP contribution < -0.4 is 10.5 Å². The molecule has 0 radical (unpaired) electrons. The predicted molar refractivity (Wildman–Crippen MR) is 138 cm³/mol. The summed E-state index contributed by atoms with van der Waals surface area (Å²) in [6.45, 7) is 6.94. The van der Waals surface area contributed by atoms with E-state index in [9.17, 15) is 27.5 Å². The summed E-state index contributed by atoms with van der Waals surface area (Å²) in [7, 11) is 1.37. The highest BCUT2D eigenvalue weighted by molar-refractivity contribution is 6.31. The molecule has 1 aromatic carbocycles. The Morgan fingerprint density at radius 1 is 1.21 bits per heavy atom. The van der Waals surface area contributed by atoms with E-state index in [1.165, 1.54) is 32.1 Å². The lowest BCUT2D eigenvalue weighted by molar-refractivity contribution is -0.145. The minimum atomic E-state index is -3.78. The van der Waals surface area contributed by atoms with E-state index in [1.54, 1.807) is 12.1 Å². The molecule has 2 aliphatic rings. The summed E-state index contributed by atoms with van der Waals surface area (Å²) in [6.07, 6.45) is 2.19. The van der Waals surface area contributed by atoms with Gasteiger partial charge in [0.25, 0.3) is 12.3 Å². The van der Waals surface area contributed by atoms with Gasteiger partial charge in [-0.05, 0) is 68.6 Å². The quantitative estimate of drug-likeness (QED) is 0.356. The molecule has 1 amide bonds. The van der Waals surface area contributed by atoms with E-state index in [0.29, 0.717) is 41.2 Å². The van der Waals surface area contributed by atoms with E-state index >= 15 is 0 Å². The molecule has 1 unspecified atom stereocenters. The highest BCUT2D eigenvalue weighted by atomic mass is 35.5. The van der Waals surface area contributed by atoms with E-state index in [4.69, 9.17) is 20.8 Å². The van der Waals surface area contributed by atoms with Crippen LogP contribution in [0.15, 0.2) is 33.7 Å². The third-order valence-corrected chi connectivity index (χ3v) is 6.45. The average molecular weight is 563 g/mol. The topological polar surface area (TPSA) is 88.9 Å². The summed E-state index contributed by atoms with van der Waals surface area (Å²) in [6, 6.07) is 5.59. The van der Waals surface area contributed by atoms with Crippen molar-refractivity contribution in [1.82, 2.24) is 4.90 Å². The van der Waals surface area contributed by atoms with Crippen molar-refractivity contribution in [3.05, 3.63) is 57.5 Å². The fourth-order valence-corrected chi connectivity index (χ4v) is 4.33. The van der Waals surface area contributed by atoms with Crippen LogP contribution in [0.25, 0.3) is 6.08 Å². The predicted octanol–water partition coefficient (Wildman–Crippen LogP) is 6.56. The molecule has 3 N–H and O–H groups in total. The summed E-state index contributed by atoms with van der Waals surface area (Å²) in [5.74, 6) is -5.67. The number of aryl methyl sites for hydroxylation is 1. The van der Waals surface area contributed by atoms with Crippen LogP contribution in [-0.2, 0) is 17.1 Å². The Bertz CT molecular complexity index is 1090. The zero-order valence-electron chi connectivity index (χ0n) is 21.8. The largest absolute Gasteiger partial charge is 0.496 e. The number of primary amides is 1. The molecule has 11 heteroatoms. The first-order valence-electron chi connectivity index (χ1n) is 12.6. The first-order chi connectivity index (χ1) is 18.0. The number of halogens is 5. The fourth-order valence-electron chi connectivity index (χ4n) is 4.12. The van der Waals surface area contributed by atoms with Crippen LogP contribution in [0, 0.1) is 0 Å². The number of carbonyl (C=O) groups excluding carboxylic acids is 1. The van der Waals surface area contributed by atoms with Gasteiger partial charge in [0.15, 0.2) is 5.76 Å². The number of nitrogens with zero attached hydrogens (tertiary/aromatic N) is 1. The van der Waals surface area contributed by atoms with Gasteiger partial charge in [-0.15, -0.1) is 0 Å². The number of fused-ring (bicyclic) bond motifs is 1. The molecule has 38 heavy (non-hydrogen) atoms. The lowest BCUT2D eigenvalue weighted by Gasteiger charge is -2.18. The smallest absolute Gasteiger partial charge is 0.380 e. The molecule has 1 aromatic heterocycles. The number of hydrogen-bond acceptors (Lipinski definition) is 5. The molecule has 4 rings (SSSR count). The highest BCUT2D eigenvalue weighted by Gasteiger charge is 2.43. The number of hydrogen-bond donors (Lipinski definition) is 2. The number of alkyl halides is 4. The van der Waals surface area contributed by atoms with Crippen molar-refractivity contribution in [2.75, 3.05) is 26.7 Å². The summed E-state index contributed by atoms with van der Waals surface area (Å²) < 4.78 is 62.2. The van der Waals surface area contributed by atoms with Gasteiger partial charge in [0.2, 0.25) is 0 Å². The van der Waals surface area contributed by atoms with Gasteiger partial charge in [-0.25, -0.2) is 8.78 Å². The second-order valence-corrected chi connectivity index (χ2v) is 9.16. The van der Waals surface area contributed by atoms with Crippen LogP contribution >= 0.6 is 11.6 Å². The number of furan rings is 1. The Morgan fingerprint density at radius 3 is 2.45 bits per heavy atom. The molecule has 1 aliphatic heterocycles. The Labute approximate surface area is 225 Å². The number of rotatable bonds is 8. The molecule has 1 atom stereocenters. The number of allylic oxidation sites excluding steroid dienone is 1. The molecular weight excluding hydrogens is 528 g/mol. The number of methoxy groups -OCH3 is 1. The van der Waals surface area contributed by atoms with Gasteiger partial charge in [0, 0.05) is 23.6 Å². The maximum Gasteiger partial charge on any atom is 0.380 e. The van der Waals surface area contributed by atoms with E-state index in [-0.39, 0.29) is 11.3 Å². The maximum absolute atomic E-state index is 13.2. The lowest BCUT2D eigenvalue weighted by atomic mass is 10.0. The molecule has 2 aromatic rings. The molecular formula is C27H35ClF4N2O4. The van der Waals surface area contributed by atoms with Gasteiger partial charge >= 0.3 is 5.92 Å². The van der Waals surface area contributed by atoms with Gasteiger partial charge in [0.05, 0.1) is 18.8 Å². The average Bonchev–Trinajstić information content (AvgIpc) is 3.58. The Morgan fingerprint density at radius 2 is 1.87 bits per heavy atom. The zero-order chi connectivity index (χ0) is 28.5. The molecule has 1 saturated heterocycles. The number of aliphatic hydroxyl groups excluding tert-OH is 1. The van der Waals surface area contributed by atoms with Crippen LogP contribution in [0.1, 0.15) is 80.3 Å². The van der Waals surface area contributed by atoms with Gasteiger partial charge < -0.3 is 24.9 Å². The number of nitrogens with two attached hydrogens (primary N) is 1. The van der Waals surface area contributed by atoms with Gasteiger partial charge in [-0.2, -0.15) is 8.78 Å². The zero-order valence-corrected chi connectivity index (χ0v) is 22.5. The van der Waals surface area contributed by atoms with E-state index in [1.807, 2.05) is 13.8 Å². The summed E-state index contributed by atoms with van der Waals surface area (Å²) in [4.78, 5) is 12.9. The number of likely N-dealkylation sites (tertiary alicyclic amines) is 1. The minimum Gasteiger partial charge on any atom is -0.496 e. The molecule has 212 valence electrons. The third-order valence-electron chi connectivity index (χ3n) is 6.15. The van der Waals surface area contributed by atoms with E-state index in [2.05, 4.69) is 10.6 Å². The second kappa shape index (κ2) is 14.6. The maximum atomic E-state index is 13.2. The molecule has 1 fully saturated rings. The number of ether oxygens (including phenoxy) is 1. The van der Waals surface area contributed by atoms with Crippen LogP contribution in [0.4, 0.5) is 17.6 Å². The molecule has 0 spiro atoms. The third kappa shape index (κ3) is 8.22. The van der Waals surface area contributed by atoms with Crippen molar-refractivity contribution in [3.63, 3.8) is 0 Å². The van der Waals surface area contributed by atoms with Gasteiger partial charge in [-0.3, -0.25) is 4.79 Å². The molecule has 1 aliphatic carbocycles. The highest BCUT2D eigenvalue weighted by Crippen LogP contribution is 2.36. The van der Waals surface area contributed by atoms with Crippen molar-refractivity contribution in [3.8, 4) is 5.75 Å². The first-order valence-corrected chi connectivity index (χ1v) is 12.9. The number of benzene rings is 1. The van der Waals surface area contributed by atoms with Crippen LogP contribution in [-0.4, -0.2) is 42.7 Å². The van der Waals surface area contributed by atoms with Crippen molar-refractivity contribution in [2.24, 2.45) is 5.73 Å². The minimum absolute atomic E-state index is 0.162. The lowest BCUT2D eigenvalue weighted by Crippen LogP contribution is -2.32. The molecule has 0 bridgehead atoms. The summed E-state index contributed by atoms with van der Waals surface area (Å²) >= 11 is 5.77. The molecule has 2 heterocycles. The number of aliphatic hydroxyl groups is 1.